The van der Waals surface area contributed by atoms with Gasteiger partial charge in [-0.05, 0) is 40.5 Å². The van der Waals surface area contributed by atoms with Crippen LogP contribution < -0.4 is 15.4 Å². The number of methoxy groups -OCH3 is 1. The lowest BCUT2D eigenvalue weighted by Gasteiger charge is -2.12. The minimum absolute atomic E-state index is 0. The van der Waals surface area contributed by atoms with Crippen molar-refractivity contribution in [2.75, 3.05) is 14.2 Å². The minimum Gasteiger partial charge on any atom is -0.497 e. The molecule has 7 heteroatoms. The van der Waals surface area contributed by atoms with Gasteiger partial charge in [-0.25, -0.2) is 4.98 Å². The van der Waals surface area contributed by atoms with Gasteiger partial charge in [0.1, 0.15) is 10.8 Å². The van der Waals surface area contributed by atoms with Gasteiger partial charge in [0, 0.05) is 19.0 Å². The van der Waals surface area contributed by atoms with E-state index in [1.54, 1.807) is 25.5 Å². The van der Waals surface area contributed by atoms with Crippen molar-refractivity contribution < 1.29 is 4.74 Å². The lowest BCUT2D eigenvalue weighted by atomic mass is 10.1. The summed E-state index contributed by atoms with van der Waals surface area (Å²) in [6.45, 7) is 5.70. The number of hydrogen-bond donors (Lipinski definition) is 2. The SMILES string of the molecule is CN=C(NCc1ccc2cc(OC)ccc2c1)NCc1nc(C(C)C)cs1.I. The van der Waals surface area contributed by atoms with Crippen LogP contribution in [0.4, 0.5) is 0 Å². The van der Waals surface area contributed by atoms with Crippen LogP contribution in [0.25, 0.3) is 10.8 Å². The number of nitrogens with one attached hydrogen (secondary N) is 2. The molecule has 0 aliphatic rings. The average Bonchev–Trinajstić information content (AvgIpc) is 3.17. The highest BCUT2D eigenvalue weighted by Gasteiger charge is 2.06. The second kappa shape index (κ2) is 10.6. The number of thiazole rings is 1. The van der Waals surface area contributed by atoms with Crippen molar-refractivity contribution in [3.63, 3.8) is 0 Å². The Bertz CT molecular complexity index is 939. The molecule has 0 bridgehead atoms. The Balaban J connectivity index is 0.00000280. The van der Waals surface area contributed by atoms with Crippen LogP contribution in [0, 0.1) is 0 Å². The summed E-state index contributed by atoms with van der Waals surface area (Å²) in [6.07, 6.45) is 0. The molecule has 1 heterocycles. The highest BCUT2D eigenvalue weighted by Crippen LogP contribution is 2.22. The number of aliphatic imine (C=N–C) groups is 1. The fourth-order valence-electron chi connectivity index (χ4n) is 2.75. The molecule has 0 fully saturated rings. The van der Waals surface area contributed by atoms with E-state index in [-0.39, 0.29) is 24.0 Å². The fourth-order valence-corrected chi connectivity index (χ4v) is 3.64. The molecule has 0 unspecified atom stereocenters. The van der Waals surface area contributed by atoms with E-state index < -0.39 is 0 Å². The first-order valence-corrected chi connectivity index (χ1v) is 9.92. The number of ether oxygens (including phenoxy) is 1. The molecule has 2 aromatic carbocycles. The maximum absolute atomic E-state index is 5.28. The molecule has 0 saturated carbocycles. The van der Waals surface area contributed by atoms with Crippen molar-refractivity contribution in [3.05, 3.63) is 58.0 Å². The van der Waals surface area contributed by atoms with Crippen LogP contribution in [0.5, 0.6) is 5.75 Å². The molecule has 0 aliphatic heterocycles. The second-order valence-corrected chi connectivity index (χ2v) is 7.59. The van der Waals surface area contributed by atoms with Gasteiger partial charge in [-0.2, -0.15) is 0 Å². The first-order valence-electron chi connectivity index (χ1n) is 9.04. The van der Waals surface area contributed by atoms with Gasteiger partial charge < -0.3 is 15.4 Å². The van der Waals surface area contributed by atoms with Crippen molar-refractivity contribution in [1.82, 2.24) is 15.6 Å². The zero-order valence-electron chi connectivity index (χ0n) is 16.7. The summed E-state index contributed by atoms with van der Waals surface area (Å²) in [5.41, 5.74) is 2.35. The van der Waals surface area contributed by atoms with Crippen LogP contribution in [0.3, 0.4) is 0 Å². The molecule has 0 radical (unpaired) electrons. The van der Waals surface area contributed by atoms with E-state index in [0.717, 1.165) is 22.4 Å². The molecular weight excluding hydrogens is 483 g/mol. The lowest BCUT2D eigenvalue weighted by molar-refractivity contribution is 0.415. The molecule has 0 aliphatic carbocycles. The Labute approximate surface area is 187 Å². The van der Waals surface area contributed by atoms with Crippen LogP contribution in [-0.4, -0.2) is 25.1 Å². The molecule has 0 amide bonds. The minimum atomic E-state index is 0. The summed E-state index contributed by atoms with van der Waals surface area (Å²) >= 11 is 1.68. The largest absolute Gasteiger partial charge is 0.497 e. The molecular formula is C21H27IN4OS. The molecule has 5 nitrogen and oxygen atoms in total. The third-order valence-corrected chi connectivity index (χ3v) is 5.23. The molecule has 28 heavy (non-hydrogen) atoms. The summed E-state index contributed by atoms with van der Waals surface area (Å²) in [5, 5.41) is 12.3. The standard InChI is InChI=1S/C21H26N4OS.HI/c1-14(2)19-13-27-20(25-19)12-24-21(22-3)23-11-15-5-6-17-10-18(26-4)8-7-16(17)9-15;/h5-10,13-14H,11-12H2,1-4H3,(H2,22,23,24);1H. The van der Waals surface area contributed by atoms with Gasteiger partial charge >= 0.3 is 0 Å². The van der Waals surface area contributed by atoms with Crippen molar-refractivity contribution in [3.8, 4) is 5.75 Å². The zero-order valence-corrected chi connectivity index (χ0v) is 19.8. The maximum atomic E-state index is 5.28. The molecule has 3 aromatic rings. The number of nitrogens with zero attached hydrogens (tertiary/aromatic N) is 2. The lowest BCUT2D eigenvalue weighted by Crippen LogP contribution is -2.36. The van der Waals surface area contributed by atoms with Crippen molar-refractivity contribution in [2.45, 2.75) is 32.9 Å². The van der Waals surface area contributed by atoms with Gasteiger partial charge in [-0.3, -0.25) is 4.99 Å². The number of benzene rings is 2. The molecule has 2 N–H and O–H groups in total. The van der Waals surface area contributed by atoms with Gasteiger partial charge in [-0.1, -0.05) is 32.0 Å². The topological polar surface area (TPSA) is 58.5 Å². The van der Waals surface area contributed by atoms with Crippen LogP contribution in [0.1, 0.15) is 36.0 Å². The molecule has 3 rings (SSSR count). The molecule has 150 valence electrons. The van der Waals surface area contributed by atoms with Crippen molar-refractivity contribution >= 4 is 52.0 Å². The first kappa shape index (κ1) is 22.4. The van der Waals surface area contributed by atoms with Crippen LogP contribution >= 0.6 is 35.3 Å². The van der Waals surface area contributed by atoms with Gasteiger partial charge in [0.25, 0.3) is 0 Å². The Kier molecular flexibility index (Phi) is 8.50. The summed E-state index contributed by atoms with van der Waals surface area (Å²) in [7, 11) is 3.47. The third-order valence-electron chi connectivity index (χ3n) is 4.36. The van der Waals surface area contributed by atoms with Crippen molar-refractivity contribution in [1.29, 1.82) is 0 Å². The van der Waals surface area contributed by atoms with E-state index in [1.165, 1.54) is 16.3 Å². The predicted octanol–water partition coefficient (Wildman–Crippen LogP) is 4.91. The summed E-state index contributed by atoms with van der Waals surface area (Å²) in [5.74, 6) is 2.10. The molecule has 0 atom stereocenters. The first-order chi connectivity index (χ1) is 13.1. The van der Waals surface area contributed by atoms with Crippen LogP contribution in [0.2, 0.25) is 0 Å². The van der Waals surface area contributed by atoms with E-state index in [9.17, 15) is 0 Å². The summed E-state index contributed by atoms with van der Waals surface area (Å²) < 4.78 is 5.28. The van der Waals surface area contributed by atoms with E-state index in [4.69, 9.17) is 4.74 Å². The number of halogens is 1. The Morgan fingerprint density at radius 3 is 2.50 bits per heavy atom. The van der Waals surface area contributed by atoms with Gasteiger partial charge in [0.05, 0.1) is 19.3 Å². The van der Waals surface area contributed by atoms with Crippen molar-refractivity contribution in [2.24, 2.45) is 4.99 Å². The number of hydrogen-bond acceptors (Lipinski definition) is 4. The van der Waals surface area contributed by atoms with Gasteiger partial charge in [0.2, 0.25) is 0 Å². The Morgan fingerprint density at radius 2 is 1.82 bits per heavy atom. The van der Waals surface area contributed by atoms with E-state index in [2.05, 4.69) is 64.1 Å². The van der Waals surface area contributed by atoms with E-state index in [1.807, 2.05) is 12.1 Å². The summed E-state index contributed by atoms with van der Waals surface area (Å²) in [4.78, 5) is 8.95. The van der Waals surface area contributed by atoms with Gasteiger partial charge in [0.15, 0.2) is 5.96 Å². The zero-order chi connectivity index (χ0) is 19.2. The summed E-state index contributed by atoms with van der Waals surface area (Å²) in [6, 6.07) is 12.5. The number of guanidine groups is 1. The third kappa shape index (κ3) is 5.81. The highest BCUT2D eigenvalue weighted by atomic mass is 127. The second-order valence-electron chi connectivity index (χ2n) is 6.65. The quantitative estimate of drug-likeness (QED) is 0.281. The monoisotopic (exact) mass is 510 g/mol. The van der Waals surface area contributed by atoms with E-state index in [0.29, 0.717) is 19.0 Å². The van der Waals surface area contributed by atoms with Gasteiger partial charge in [-0.15, -0.1) is 35.3 Å². The average molecular weight is 510 g/mol. The van der Waals surface area contributed by atoms with Crippen LogP contribution in [-0.2, 0) is 13.1 Å². The predicted molar refractivity (Wildman–Crippen MR) is 129 cm³/mol. The highest BCUT2D eigenvalue weighted by molar-refractivity contribution is 14.0. The molecule has 0 spiro atoms. The number of rotatable bonds is 6. The van der Waals surface area contributed by atoms with E-state index >= 15 is 0 Å². The van der Waals surface area contributed by atoms with Crippen LogP contribution in [0.15, 0.2) is 46.8 Å². The smallest absolute Gasteiger partial charge is 0.191 e. The Hall–Kier alpha value is -1.87. The normalized spacial score (nSPS) is 11.4. The number of fused-ring (bicyclic) bond motifs is 1. The molecule has 1 aromatic heterocycles. The maximum Gasteiger partial charge on any atom is 0.191 e. The number of aromatic nitrogens is 1. The fraction of sp³-hybridized carbons (Fsp3) is 0.333. The Morgan fingerprint density at radius 1 is 1.11 bits per heavy atom. The molecule has 0 saturated heterocycles.